The molecule has 0 fully saturated rings. The number of methoxy groups -OCH3 is 1. The van der Waals surface area contributed by atoms with Crippen molar-refractivity contribution in [3.63, 3.8) is 0 Å². The van der Waals surface area contributed by atoms with E-state index in [1.807, 2.05) is 24.3 Å². The Balaban J connectivity index is 0.00000312. The maximum atomic E-state index is 5.31. The number of hydrogen-bond donors (Lipinski definition) is 2. The van der Waals surface area contributed by atoms with Crippen molar-refractivity contribution in [3.05, 3.63) is 54.0 Å². The van der Waals surface area contributed by atoms with Gasteiger partial charge in [0, 0.05) is 13.1 Å². The van der Waals surface area contributed by atoms with Crippen molar-refractivity contribution in [2.24, 2.45) is 4.99 Å². The van der Waals surface area contributed by atoms with Gasteiger partial charge in [-0.05, 0) is 49.1 Å². The average molecular weight is 457 g/mol. The summed E-state index contributed by atoms with van der Waals surface area (Å²) in [4.78, 5) is 4.53. The molecule has 0 bridgehead atoms. The molecule has 0 aliphatic rings. The monoisotopic (exact) mass is 457 g/mol. The zero-order valence-corrected chi connectivity index (χ0v) is 17.4. The van der Waals surface area contributed by atoms with Crippen LogP contribution in [0.2, 0.25) is 0 Å². The predicted molar refractivity (Wildman–Crippen MR) is 113 cm³/mol. The van der Waals surface area contributed by atoms with E-state index in [9.17, 15) is 0 Å². The number of aliphatic imine (C=N–C) groups is 1. The number of hydrogen-bond acceptors (Lipinski definition) is 3. The summed E-state index contributed by atoms with van der Waals surface area (Å²) < 4.78 is 10.5. The van der Waals surface area contributed by atoms with E-state index >= 15 is 0 Å². The van der Waals surface area contributed by atoms with Gasteiger partial charge in [0.25, 0.3) is 0 Å². The highest BCUT2D eigenvalue weighted by Gasteiger charge is 2.06. The minimum absolute atomic E-state index is 0. The third kappa shape index (κ3) is 7.37. The van der Waals surface area contributed by atoms with Crippen LogP contribution in [0.4, 0.5) is 0 Å². The molecule has 0 saturated heterocycles. The van der Waals surface area contributed by atoms with Crippen LogP contribution in [0.3, 0.4) is 0 Å². The van der Waals surface area contributed by atoms with Gasteiger partial charge in [-0.3, -0.25) is 0 Å². The lowest BCUT2D eigenvalue weighted by atomic mass is 9.98. The van der Waals surface area contributed by atoms with Crippen molar-refractivity contribution in [1.29, 1.82) is 0 Å². The zero-order chi connectivity index (χ0) is 17.2. The van der Waals surface area contributed by atoms with E-state index in [0.29, 0.717) is 12.5 Å². The van der Waals surface area contributed by atoms with Crippen molar-refractivity contribution in [3.8, 4) is 5.75 Å². The molecule has 0 aliphatic heterocycles. The first-order chi connectivity index (χ1) is 11.7. The Kier molecular flexibility index (Phi) is 10.1. The summed E-state index contributed by atoms with van der Waals surface area (Å²) in [6, 6.07) is 12.1. The van der Waals surface area contributed by atoms with Gasteiger partial charge in [-0.15, -0.1) is 24.0 Å². The number of benzene rings is 1. The lowest BCUT2D eigenvalue weighted by Gasteiger charge is -2.15. The maximum Gasteiger partial charge on any atom is 0.191 e. The minimum Gasteiger partial charge on any atom is -0.497 e. The SMILES string of the molecule is CCNC(=NCc1ccco1)NCCC(C)c1ccc(OC)cc1.I. The van der Waals surface area contributed by atoms with E-state index in [1.165, 1.54) is 5.56 Å². The first kappa shape index (κ1) is 21.3. The van der Waals surface area contributed by atoms with Crippen molar-refractivity contribution in [2.75, 3.05) is 20.2 Å². The zero-order valence-electron chi connectivity index (χ0n) is 15.1. The van der Waals surface area contributed by atoms with E-state index < -0.39 is 0 Å². The normalized spacial score (nSPS) is 12.2. The largest absolute Gasteiger partial charge is 0.497 e. The van der Waals surface area contributed by atoms with Gasteiger partial charge < -0.3 is 19.8 Å². The number of ether oxygens (including phenoxy) is 1. The summed E-state index contributed by atoms with van der Waals surface area (Å²) in [5.41, 5.74) is 1.31. The van der Waals surface area contributed by atoms with Crippen LogP contribution in [0.15, 0.2) is 52.1 Å². The molecule has 0 amide bonds. The van der Waals surface area contributed by atoms with Crippen molar-refractivity contribution in [2.45, 2.75) is 32.7 Å². The Morgan fingerprint density at radius 3 is 2.56 bits per heavy atom. The van der Waals surface area contributed by atoms with Crippen molar-refractivity contribution < 1.29 is 9.15 Å². The van der Waals surface area contributed by atoms with Gasteiger partial charge in [-0.1, -0.05) is 19.1 Å². The Hall–Kier alpha value is -1.70. The van der Waals surface area contributed by atoms with Gasteiger partial charge in [0.05, 0.1) is 13.4 Å². The average Bonchev–Trinajstić information content (AvgIpc) is 3.13. The van der Waals surface area contributed by atoms with Crippen LogP contribution in [0, 0.1) is 0 Å². The quantitative estimate of drug-likeness (QED) is 0.355. The van der Waals surface area contributed by atoms with E-state index in [4.69, 9.17) is 9.15 Å². The van der Waals surface area contributed by atoms with E-state index in [0.717, 1.165) is 37.0 Å². The number of guanidine groups is 1. The summed E-state index contributed by atoms with van der Waals surface area (Å²) in [6.45, 7) is 6.52. The molecule has 0 spiro atoms. The van der Waals surface area contributed by atoms with Crippen LogP contribution in [-0.4, -0.2) is 26.2 Å². The molecule has 1 heterocycles. The minimum atomic E-state index is 0. The second kappa shape index (κ2) is 11.8. The molecule has 5 nitrogen and oxygen atoms in total. The van der Waals surface area contributed by atoms with Crippen LogP contribution in [0.1, 0.15) is 37.5 Å². The third-order valence-corrected chi connectivity index (χ3v) is 3.87. The summed E-state index contributed by atoms with van der Waals surface area (Å²) in [7, 11) is 1.69. The number of rotatable bonds is 8. The third-order valence-electron chi connectivity index (χ3n) is 3.87. The highest BCUT2D eigenvalue weighted by molar-refractivity contribution is 14.0. The van der Waals surface area contributed by atoms with Crippen molar-refractivity contribution >= 4 is 29.9 Å². The molecule has 1 aromatic carbocycles. The highest BCUT2D eigenvalue weighted by atomic mass is 127. The first-order valence-corrected chi connectivity index (χ1v) is 8.41. The molecule has 0 aliphatic carbocycles. The number of nitrogens with one attached hydrogen (secondary N) is 2. The summed E-state index contributed by atoms with van der Waals surface area (Å²) in [5.74, 6) is 3.04. The predicted octanol–water partition coefficient (Wildman–Crippen LogP) is 4.16. The van der Waals surface area contributed by atoms with Gasteiger partial charge >= 0.3 is 0 Å². The molecule has 1 unspecified atom stereocenters. The van der Waals surface area contributed by atoms with Gasteiger partial charge in [0.15, 0.2) is 5.96 Å². The molecule has 6 heteroatoms. The lowest BCUT2D eigenvalue weighted by molar-refractivity contribution is 0.414. The molecule has 0 saturated carbocycles. The van der Waals surface area contributed by atoms with Crippen LogP contribution < -0.4 is 15.4 Å². The second-order valence-corrected chi connectivity index (χ2v) is 5.66. The Labute approximate surface area is 167 Å². The molecule has 138 valence electrons. The van der Waals surface area contributed by atoms with E-state index in [-0.39, 0.29) is 24.0 Å². The summed E-state index contributed by atoms with van der Waals surface area (Å²) in [6.07, 6.45) is 2.69. The second-order valence-electron chi connectivity index (χ2n) is 5.66. The van der Waals surface area contributed by atoms with Crippen LogP contribution in [0.5, 0.6) is 5.75 Å². The highest BCUT2D eigenvalue weighted by Crippen LogP contribution is 2.21. The van der Waals surface area contributed by atoms with E-state index in [1.54, 1.807) is 13.4 Å². The molecule has 0 radical (unpaired) electrons. The Morgan fingerprint density at radius 1 is 1.20 bits per heavy atom. The van der Waals surface area contributed by atoms with E-state index in [2.05, 4.69) is 41.6 Å². The number of halogens is 1. The number of furan rings is 1. The van der Waals surface area contributed by atoms with Crippen LogP contribution in [0.25, 0.3) is 0 Å². The standard InChI is InChI=1S/C19H27N3O2.HI/c1-4-20-19(22-14-18-6-5-13-24-18)21-12-11-15(2)16-7-9-17(23-3)10-8-16;/h5-10,13,15H,4,11-12,14H2,1-3H3,(H2,20,21,22);1H. The van der Waals surface area contributed by atoms with Gasteiger partial charge in [0.1, 0.15) is 18.1 Å². The Morgan fingerprint density at radius 2 is 1.96 bits per heavy atom. The van der Waals surface area contributed by atoms with Gasteiger partial charge in [-0.25, -0.2) is 4.99 Å². The van der Waals surface area contributed by atoms with Gasteiger partial charge in [-0.2, -0.15) is 0 Å². The van der Waals surface area contributed by atoms with Gasteiger partial charge in [0.2, 0.25) is 0 Å². The first-order valence-electron chi connectivity index (χ1n) is 8.41. The number of nitrogens with zero attached hydrogens (tertiary/aromatic N) is 1. The Bertz CT molecular complexity index is 612. The summed E-state index contributed by atoms with van der Waals surface area (Å²) in [5, 5.41) is 6.63. The lowest BCUT2D eigenvalue weighted by Crippen LogP contribution is -2.38. The van der Waals surface area contributed by atoms with Crippen LogP contribution >= 0.6 is 24.0 Å². The fourth-order valence-electron chi connectivity index (χ4n) is 2.41. The fourth-order valence-corrected chi connectivity index (χ4v) is 2.41. The fraction of sp³-hybridized carbons (Fsp3) is 0.421. The summed E-state index contributed by atoms with van der Waals surface area (Å²) >= 11 is 0. The topological polar surface area (TPSA) is 58.8 Å². The van der Waals surface area contributed by atoms with Crippen LogP contribution in [-0.2, 0) is 6.54 Å². The molecule has 2 N–H and O–H groups in total. The molecule has 1 aromatic heterocycles. The van der Waals surface area contributed by atoms with Crippen molar-refractivity contribution in [1.82, 2.24) is 10.6 Å². The maximum absolute atomic E-state index is 5.31. The molecular formula is C19H28IN3O2. The molecule has 2 rings (SSSR count). The smallest absolute Gasteiger partial charge is 0.191 e. The molecule has 25 heavy (non-hydrogen) atoms. The molecule has 1 atom stereocenters. The molecule has 2 aromatic rings. The molecular weight excluding hydrogens is 429 g/mol.